The van der Waals surface area contributed by atoms with E-state index in [1.807, 2.05) is 48.5 Å². The van der Waals surface area contributed by atoms with Gasteiger partial charge in [0, 0.05) is 19.1 Å². The minimum Gasteiger partial charge on any atom is -0.497 e. The van der Waals surface area contributed by atoms with Crippen molar-refractivity contribution in [1.29, 1.82) is 0 Å². The van der Waals surface area contributed by atoms with Gasteiger partial charge >= 0.3 is 0 Å². The Kier molecular flexibility index (Phi) is 5.73. The van der Waals surface area contributed by atoms with Crippen LogP contribution in [-0.4, -0.2) is 45.4 Å². The van der Waals surface area contributed by atoms with Gasteiger partial charge in [0.25, 0.3) is 6.01 Å². The number of aromatic nitrogens is 1. The second kappa shape index (κ2) is 8.42. The molecule has 0 radical (unpaired) electrons. The molecule has 154 valence electrons. The van der Waals surface area contributed by atoms with Crippen molar-refractivity contribution in [2.75, 3.05) is 30.9 Å². The zero-order valence-electron chi connectivity index (χ0n) is 16.4. The molecule has 7 nitrogen and oxygen atoms in total. The molecule has 1 fully saturated rings. The van der Waals surface area contributed by atoms with Crippen LogP contribution in [0.5, 0.6) is 5.75 Å². The lowest BCUT2D eigenvalue weighted by molar-refractivity contribution is 0.414. The van der Waals surface area contributed by atoms with E-state index < -0.39 is 10.0 Å². The Labute approximate surface area is 170 Å². The third kappa shape index (κ3) is 4.71. The molecule has 1 saturated heterocycles. The van der Waals surface area contributed by atoms with Gasteiger partial charge in [0.1, 0.15) is 11.3 Å². The molecule has 4 rings (SSSR count). The molecule has 1 N–H and O–H groups in total. The van der Waals surface area contributed by atoms with E-state index in [2.05, 4.69) is 14.6 Å². The number of para-hydroxylation sites is 2. The number of hydrogen-bond acceptors (Lipinski definition) is 6. The standard InChI is InChI=1S/C21H25N3O4S/c1-27-18-10-8-16(9-11-18)12-14-29(25,26)22-15-17-5-4-13-24(17)21-23-19-6-2-3-7-20(19)28-21/h2-3,6-11,17,22H,4-5,12-15H2,1H3. The number of ether oxygens (including phenoxy) is 1. The summed E-state index contributed by atoms with van der Waals surface area (Å²) < 4.78 is 38.7. The first-order chi connectivity index (χ1) is 14.0. The summed E-state index contributed by atoms with van der Waals surface area (Å²) in [6.45, 7) is 1.16. The molecule has 29 heavy (non-hydrogen) atoms. The van der Waals surface area contributed by atoms with E-state index in [4.69, 9.17) is 9.15 Å². The quantitative estimate of drug-likeness (QED) is 0.609. The highest BCUT2D eigenvalue weighted by Crippen LogP contribution is 2.28. The van der Waals surface area contributed by atoms with Crippen molar-refractivity contribution in [3.8, 4) is 5.75 Å². The zero-order chi connectivity index (χ0) is 20.3. The summed E-state index contributed by atoms with van der Waals surface area (Å²) >= 11 is 0. The molecule has 1 aromatic heterocycles. The van der Waals surface area contributed by atoms with E-state index in [0.717, 1.165) is 41.8 Å². The summed E-state index contributed by atoms with van der Waals surface area (Å²) in [6, 6.07) is 15.7. The third-order valence-electron chi connectivity index (χ3n) is 5.26. The van der Waals surface area contributed by atoms with E-state index in [0.29, 0.717) is 19.0 Å². The predicted molar refractivity (Wildman–Crippen MR) is 113 cm³/mol. The molecule has 1 aliphatic rings. The molecule has 0 amide bonds. The third-order valence-corrected chi connectivity index (χ3v) is 6.61. The number of sulfonamides is 1. The van der Waals surface area contributed by atoms with Crippen LogP contribution >= 0.6 is 0 Å². The highest BCUT2D eigenvalue weighted by Gasteiger charge is 2.29. The monoisotopic (exact) mass is 415 g/mol. The summed E-state index contributed by atoms with van der Waals surface area (Å²) in [4.78, 5) is 6.61. The van der Waals surface area contributed by atoms with Crippen LogP contribution in [0.25, 0.3) is 11.1 Å². The summed E-state index contributed by atoms with van der Waals surface area (Å²) in [5, 5.41) is 0. The van der Waals surface area contributed by atoms with Crippen LogP contribution in [0.1, 0.15) is 18.4 Å². The maximum Gasteiger partial charge on any atom is 0.298 e. The number of rotatable bonds is 8. The molecule has 8 heteroatoms. The largest absolute Gasteiger partial charge is 0.497 e. The van der Waals surface area contributed by atoms with Crippen LogP contribution in [0.2, 0.25) is 0 Å². The molecule has 1 aliphatic heterocycles. The maximum atomic E-state index is 12.5. The summed E-state index contributed by atoms with van der Waals surface area (Å²) in [7, 11) is -1.76. The lowest BCUT2D eigenvalue weighted by Gasteiger charge is -2.23. The number of anilines is 1. The smallest absolute Gasteiger partial charge is 0.298 e. The Morgan fingerprint density at radius 1 is 1.21 bits per heavy atom. The second-order valence-electron chi connectivity index (χ2n) is 7.22. The summed E-state index contributed by atoms with van der Waals surface area (Å²) in [5.74, 6) is 0.810. The minimum absolute atomic E-state index is 0.0406. The van der Waals surface area contributed by atoms with E-state index >= 15 is 0 Å². The lowest BCUT2D eigenvalue weighted by atomic mass is 10.2. The number of benzene rings is 2. The molecule has 0 spiro atoms. The fourth-order valence-electron chi connectivity index (χ4n) is 3.62. The SMILES string of the molecule is COc1ccc(CCS(=O)(=O)NCC2CCCN2c2nc3ccccc3o2)cc1. The highest BCUT2D eigenvalue weighted by molar-refractivity contribution is 7.89. The van der Waals surface area contributed by atoms with Gasteiger partial charge in [-0.25, -0.2) is 13.1 Å². The Morgan fingerprint density at radius 2 is 2.00 bits per heavy atom. The molecular weight excluding hydrogens is 390 g/mol. The number of nitrogens with zero attached hydrogens (tertiary/aromatic N) is 2. The van der Waals surface area contributed by atoms with Gasteiger partial charge in [-0.2, -0.15) is 4.98 Å². The van der Waals surface area contributed by atoms with Crippen LogP contribution in [0, 0.1) is 0 Å². The van der Waals surface area contributed by atoms with E-state index in [-0.39, 0.29) is 11.8 Å². The first kappa shape index (κ1) is 19.7. The Morgan fingerprint density at radius 3 is 2.76 bits per heavy atom. The van der Waals surface area contributed by atoms with Gasteiger partial charge in [-0.05, 0) is 49.1 Å². The van der Waals surface area contributed by atoms with E-state index in [1.54, 1.807) is 7.11 Å². The van der Waals surface area contributed by atoms with Crippen LogP contribution in [-0.2, 0) is 16.4 Å². The number of fused-ring (bicyclic) bond motifs is 1. The first-order valence-corrected chi connectivity index (χ1v) is 11.4. The number of nitrogens with one attached hydrogen (secondary N) is 1. The van der Waals surface area contributed by atoms with Crippen molar-refractivity contribution in [2.24, 2.45) is 0 Å². The van der Waals surface area contributed by atoms with Crippen LogP contribution in [0.15, 0.2) is 52.9 Å². The van der Waals surface area contributed by atoms with Crippen molar-refractivity contribution in [3.05, 3.63) is 54.1 Å². The van der Waals surface area contributed by atoms with Gasteiger partial charge in [-0.3, -0.25) is 0 Å². The molecule has 2 heterocycles. The average molecular weight is 416 g/mol. The van der Waals surface area contributed by atoms with Crippen molar-refractivity contribution in [1.82, 2.24) is 9.71 Å². The van der Waals surface area contributed by atoms with E-state index in [9.17, 15) is 8.42 Å². The number of oxazole rings is 1. The summed E-state index contributed by atoms with van der Waals surface area (Å²) in [5.41, 5.74) is 2.52. The van der Waals surface area contributed by atoms with Crippen molar-refractivity contribution >= 4 is 27.1 Å². The van der Waals surface area contributed by atoms with Gasteiger partial charge in [-0.1, -0.05) is 24.3 Å². The maximum absolute atomic E-state index is 12.5. The molecule has 0 aliphatic carbocycles. The molecule has 0 saturated carbocycles. The molecule has 0 bridgehead atoms. The fourth-order valence-corrected chi connectivity index (χ4v) is 4.72. The van der Waals surface area contributed by atoms with E-state index in [1.165, 1.54) is 0 Å². The second-order valence-corrected chi connectivity index (χ2v) is 9.15. The van der Waals surface area contributed by atoms with Gasteiger partial charge in [0.15, 0.2) is 5.58 Å². The topological polar surface area (TPSA) is 84.7 Å². The molecule has 2 aromatic carbocycles. The van der Waals surface area contributed by atoms with Gasteiger partial charge in [0.05, 0.1) is 12.9 Å². The Hall–Kier alpha value is -2.58. The highest BCUT2D eigenvalue weighted by atomic mass is 32.2. The minimum atomic E-state index is -3.37. The average Bonchev–Trinajstić information content (AvgIpc) is 3.37. The van der Waals surface area contributed by atoms with Crippen LogP contribution in [0.3, 0.4) is 0 Å². The van der Waals surface area contributed by atoms with Gasteiger partial charge in [0.2, 0.25) is 10.0 Å². The van der Waals surface area contributed by atoms with Gasteiger partial charge < -0.3 is 14.1 Å². The Balaban J connectivity index is 1.35. The number of aryl methyl sites for hydroxylation is 1. The summed E-state index contributed by atoms with van der Waals surface area (Å²) in [6.07, 6.45) is 2.34. The predicted octanol–water partition coefficient (Wildman–Crippen LogP) is 2.97. The molecule has 3 aromatic rings. The van der Waals surface area contributed by atoms with Crippen LogP contribution in [0.4, 0.5) is 6.01 Å². The van der Waals surface area contributed by atoms with Crippen molar-refractivity contribution in [2.45, 2.75) is 25.3 Å². The van der Waals surface area contributed by atoms with Crippen molar-refractivity contribution < 1.29 is 17.6 Å². The molecular formula is C21H25N3O4S. The van der Waals surface area contributed by atoms with Gasteiger partial charge in [-0.15, -0.1) is 0 Å². The molecule has 1 unspecified atom stereocenters. The Bertz CT molecular complexity index is 1030. The number of hydrogen-bond donors (Lipinski definition) is 1. The lowest BCUT2D eigenvalue weighted by Crippen LogP contribution is -2.41. The number of methoxy groups -OCH3 is 1. The van der Waals surface area contributed by atoms with Crippen molar-refractivity contribution in [3.63, 3.8) is 0 Å². The van der Waals surface area contributed by atoms with Crippen LogP contribution < -0.4 is 14.4 Å². The zero-order valence-corrected chi connectivity index (χ0v) is 17.2. The molecule has 1 atom stereocenters. The normalized spacial score (nSPS) is 17.1. The first-order valence-electron chi connectivity index (χ1n) is 9.76. The fraction of sp³-hybridized carbons (Fsp3) is 0.381.